The quantitative estimate of drug-likeness (QED) is 0.385. The molecule has 0 saturated carbocycles. The highest BCUT2D eigenvalue weighted by Gasteiger charge is 2.44. The second kappa shape index (κ2) is 20.5. The summed E-state index contributed by atoms with van der Waals surface area (Å²) in [6.45, 7) is 16.0. The molecule has 1 aromatic rings. The summed E-state index contributed by atoms with van der Waals surface area (Å²) in [6.07, 6.45) is 2.36. The van der Waals surface area contributed by atoms with E-state index < -0.39 is 59.6 Å². The van der Waals surface area contributed by atoms with Gasteiger partial charge in [0, 0.05) is 45.2 Å². The van der Waals surface area contributed by atoms with Gasteiger partial charge >= 0.3 is 5.97 Å². The third-order valence-corrected chi connectivity index (χ3v) is 13.7. The van der Waals surface area contributed by atoms with Crippen LogP contribution in [0.3, 0.4) is 0 Å². The van der Waals surface area contributed by atoms with Gasteiger partial charge in [-0.2, -0.15) is 0 Å². The van der Waals surface area contributed by atoms with Crippen molar-refractivity contribution in [1.29, 1.82) is 0 Å². The number of ether oxygens (including phenoxy) is 2. The van der Waals surface area contributed by atoms with Crippen LogP contribution >= 0.6 is 11.8 Å². The van der Waals surface area contributed by atoms with Crippen LogP contribution in [-0.2, 0) is 35.1 Å². The van der Waals surface area contributed by atoms with Gasteiger partial charge in [-0.05, 0) is 74.0 Å². The van der Waals surface area contributed by atoms with Gasteiger partial charge in [-0.25, -0.2) is 4.79 Å². The second-order valence-corrected chi connectivity index (χ2v) is 19.0. The number of fused-ring (bicyclic) bond motifs is 2. The zero-order chi connectivity index (χ0) is 43.1. The Hall–Kier alpha value is -3.65. The molecule has 0 aromatic heterocycles. The molecule has 3 aliphatic rings. The molecule has 1 aromatic carbocycles. The third-order valence-electron chi connectivity index (χ3n) is 12.4. The number of aliphatic hydroxyl groups excluding tert-OH is 1. The average molecular weight is 828 g/mol. The van der Waals surface area contributed by atoms with E-state index >= 15 is 0 Å². The Balaban J connectivity index is 1.69. The van der Waals surface area contributed by atoms with Gasteiger partial charge in [0.1, 0.15) is 36.0 Å². The molecule has 58 heavy (non-hydrogen) atoms. The maximum atomic E-state index is 14.6. The van der Waals surface area contributed by atoms with Gasteiger partial charge in [0.05, 0.1) is 24.3 Å². The number of hydrogen-bond acceptors (Lipinski definition) is 10. The predicted molar refractivity (Wildman–Crippen MR) is 227 cm³/mol. The Morgan fingerprint density at radius 2 is 1.66 bits per heavy atom. The summed E-state index contributed by atoms with van der Waals surface area (Å²) < 4.78 is 11.6. The minimum atomic E-state index is -0.976. The van der Waals surface area contributed by atoms with Gasteiger partial charge in [0.2, 0.25) is 23.6 Å². The zero-order valence-electron chi connectivity index (χ0n) is 36.7. The number of rotatable bonds is 5. The number of thioether (sulfide) groups is 1. The number of carbonyl (C=O) groups is 5. The van der Waals surface area contributed by atoms with E-state index in [0.717, 1.165) is 10.6 Å². The number of carbonyl (C=O) groups excluding carboxylic acids is 5. The van der Waals surface area contributed by atoms with Crippen molar-refractivity contribution in [2.45, 2.75) is 149 Å². The van der Waals surface area contributed by atoms with Crippen LogP contribution in [0, 0.1) is 23.2 Å². The van der Waals surface area contributed by atoms with E-state index in [4.69, 9.17) is 14.5 Å². The molecular formula is C44H69N5O8S. The van der Waals surface area contributed by atoms with Crippen LogP contribution in [0.1, 0.15) is 106 Å². The van der Waals surface area contributed by atoms with Crippen molar-refractivity contribution < 1.29 is 38.6 Å². The molecular weight excluding hydrogens is 759 g/mol. The average Bonchev–Trinajstić information content (AvgIpc) is 3.88. The Morgan fingerprint density at radius 3 is 2.28 bits per heavy atom. The maximum absolute atomic E-state index is 14.6. The molecule has 0 unspecified atom stereocenters. The number of likely N-dealkylation sites (N-methyl/N-ethyl adjacent to an activating group) is 2. The fourth-order valence-corrected chi connectivity index (χ4v) is 9.38. The Labute approximate surface area is 350 Å². The van der Waals surface area contributed by atoms with E-state index in [1.807, 2.05) is 53.7 Å². The molecule has 4 amide bonds. The van der Waals surface area contributed by atoms with Gasteiger partial charge in [0.25, 0.3) is 0 Å². The Kier molecular flexibility index (Phi) is 16.7. The molecule has 14 heteroatoms. The summed E-state index contributed by atoms with van der Waals surface area (Å²) in [5.74, 6) is -1.06. The Bertz CT molecular complexity index is 1630. The molecule has 3 aliphatic heterocycles. The summed E-state index contributed by atoms with van der Waals surface area (Å²) in [4.78, 5) is 80.0. The van der Waals surface area contributed by atoms with Crippen LogP contribution in [0.25, 0.3) is 0 Å². The summed E-state index contributed by atoms with van der Waals surface area (Å²) in [7, 11) is 4.70. The standard InChI is InChI=1S/C44H69N5O8S/c1-12-27(3)38-42(54)49-21-13-14-34(49)43(55)57-36(44(6,7)8)23-26(2)22-35(50)28(4)39-45-31(25-58-39)17-20-37(51)46-33(24-30-15-18-32(56-11)19-16-30)41(53)47(9)29(5)40(52)48(38)10/h15-16,18-19,26-29,31,33-36,38,50H,12-14,17,20-25H2,1-11H3,(H,46,51)/t26-,27-,28-,29-,31+,33-,34+,35-,36-,38-/m0/s1. The number of aliphatic imine (C=N–C) groups is 1. The number of hydrogen-bond donors (Lipinski definition) is 2. The number of nitrogens with one attached hydrogen (secondary N) is 1. The topological polar surface area (TPSA) is 158 Å². The molecule has 13 nitrogen and oxygen atoms in total. The molecule has 3 heterocycles. The number of nitrogens with zero attached hydrogens (tertiary/aromatic N) is 4. The first-order chi connectivity index (χ1) is 27.3. The smallest absolute Gasteiger partial charge is 0.329 e. The van der Waals surface area contributed by atoms with Crippen molar-refractivity contribution in [3.05, 3.63) is 29.8 Å². The van der Waals surface area contributed by atoms with Crippen molar-refractivity contribution in [2.24, 2.45) is 28.2 Å². The minimum absolute atomic E-state index is 0.0138. The van der Waals surface area contributed by atoms with Crippen LogP contribution in [0.2, 0.25) is 0 Å². The molecule has 324 valence electrons. The van der Waals surface area contributed by atoms with Crippen molar-refractivity contribution in [1.82, 2.24) is 20.0 Å². The summed E-state index contributed by atoms with van der Waals surface area (Å²) in [5, 5.41) is 15.2. The highest BCUT2D eigenvalue weighted by molar-refractivity contribution is 8.14. The van der Waals surface area contributed by atoms with E-state index in [9.17, 15) is 29.1 Å². The van der Waals surface area contributed by atoms with E-state index in [2.05, 4.69) is 12.2 Å². The molecule has 2 N–H and O–H groups in total. The lowest BCUT2D eigenvalue weighted by atomic mass is 9.81. The lowest BCUT2D eigenvalue weighted by molar-refractivity contribution is -0.166. The SMILES string of the molecule is CC[C@H](C)[C@H]1C(=O)N2CCC[C@@H]2C(=O)O[C@H](C(C)(C)C)C[C@@H](C)C[C@H](O)[C@H](C)C2=N[C@H](CCC(=O)N[C@@H](Cc3ccc(OC)cc3)C(=O)N(C)[C@@H](C)C(=O)N1C)CS2. The van der Waals surface area contributed by atoms with Crippen molar-refractivity contribution in [3.63, 3.8) is 0 Å². The van der Waals surface area contributed by atoms with E-state index in [1.54, 1.807) is 56.9 Å². The first-order valence-electron chi connectivity index (χ1n) is 21.1. The number of esters is 1. The predicted octanol–water partition coefficient (Wildman–Crippen LogP) is 5.11. The Morgan fingerprint density at radius 1 is 0.983 bits per heavy atom. The lowest BCUT2D eigenvalue weighted by Crippen LogP contribution is -2.59. The fraction of sp³-hybridized carbons (Fsp3) is 0.727. The van der Waals surface area contributed by atoms with Gasteiger partial charge in [-0.15, -0.1) is 11.8 Å². The van der Waals surface area contributed by atoms with E-state index in [-0.39, 0.29) is 48.5 Å². The number of amides is 4. The van der Waals surface area contributed by atoms with Crippen molar-refractivity contribution >= 4 is 46.4 Å². The highest BCUT2D eigenvalue weighted by Crippen LogP contribution is 2.34. The van der Waals surface area contributed by atoms with Crippen molar-refractivity contribution in [3.8, 4) is 5.75 Å². The molecule has 10 atom stereocenters. The normalized spacial score (nSPS) is 31.2. The van der Waals surface area contributed by atoms with Crippen LogP contribution in [0.15, 0.2) is 29.3 Å². The first-order valence-corrected chi connectivity index (χ1v) is 22.1. The molecule has 1 saturated heterocycles. The highest BCUT2D eigenvalue weighted by atomic mass is 32.2. The third kappa shape index (κ3) is 11.8. The summed E-state index contributed by atoms with van der Waals surface area (Å²) >= 11 is 1.60. The number of cyclic esters (lactones) is 1. The van der Waals surface area contributed by atoms with Gasteiger partial charge in [0.15, 0.2) is 0 Å². The zero-order valence-corrected chi connectivity index (χ0v) is 37.5. The monoisotopic (exact) mass is 827 g/mol. The number of benzene rings is 1. The number of methoxy groups -OCH3 is 1. The lowest BCUT2D eigenvalue weighted by Gasteiger charge is -2.39. The molecule has 0 radical (unpaired) electrons. The van der Waals surface area contributed by atoms with Gasteiger partial charge in [-0.1, -0.05) is 67.0 Å². The molecule has 2 bridgehead atoms. The van der Waals surface area contributed by atoms with Crippen LogP contribution < -0.4 is 10.1 Å². The van der Waals surface area contributed by atoms with Gasteiger partial charge < -0.3 is 34.6 Å². The molecule has 0 spiro atoms. The molecule has 0 aliphatic carbocycles. The van der Waals surface area contributed by atoms with Crippen LogP contribution in [-0.4, -0.2) is 130 Å². The largest absolute Gasteiger partial charge is 0.497 e. The van der Waals surface area contributed by atoms with E-state index in [1.165, 1.54) is 9.80 Å². The van der Waals surface area contributed by atoms with Crippen LogP contribution in [0.4, 0.5) is 0 Å². The number of aliphatic hydroxyl groups is 1. The fourth-order valence-electron chi connectivity index (χ4n) is 8.13. The maximum Gasteiger partial charge on any atom is 0.329 e. The summed E-state index contributed by atoms with van der Waals surface area (Å²) in [5.41, 5.74) is 0.396. The van der Waals surface area contributed by atoms with Crippen LogP contribution in [0.5, 0.6) is 5.75 Å². The van der Waals surface area contributed by atoms with Gasteiger partial charge in [-0.3, -0.25) is 24.2 Å². The first kappa shape index (κ1) is 47.0. The van der Waals surface area contributed by atoms with E-state index in [0.29, 0.717) is 56.6 Å². The molecule has 1 fully saturated rings. The molecule has 4 rings (SSSR count). The van der Waals surface area contributed by atoms with Crippen molar-refractivity contribution in [2.75, 3.05) is 33.5 Å². The minimum Gasteiger partial charge on any atom is -0.497 e. The second-order valence-electron chi connectivity index (χ2n) is 18.0. The summed E-state index contributed by atoms with van der Waals surface area (Å²) in [6, 6.07) is 3.51.